The van der Waals surface area contributed by atoms with Crippen molar-refractivity contribution >= 4 is 35.1 Å². The average Bonchev–Trinajstić information content (AvgIpc) is 2.91. The molecular weight excluding hydrogens is 368 g/mol. The molecule has 2 heterocycles. The van der Waals surface area contributed by atoms with E-state index in [1.165, 1.54) is 0 Å². The van der Waals surface area contributed by atoms with Crippen LogP contribution in [0.25, 0.3) is 0 Å². The Hall–Kier alpha value is -2.08. The Morgan fingerprint density at radius 2 is 1.78 bits per heavy atom. The second kappa shape index (κ2) is 8.74. The van der Waals surface area contributed by atoms with Gasteiger partial charge >= 0.3 is 5.97 Å². The van der Waals surface area contributed by atoms with Crippen LogP contribution in [0.15, 0.2) is 18.2 Å². The number of anilines is 1. The number of nitrogens with zero attached hydrogens (tertiary/aromatic N) is 2. The van der Waals surface area contributed by atoms with Crippen LogP contribution in [0.1, 0.15) is 55.8 Å². The van der Waals surface area contributed by atoms with Gasteiger partial charge in [0.25, 0.3) is 5.91 Å². The van der Waals surface area contributed by atoms with E-state index < -0.39 is 12.1 Å². The maximum atomic E-state index is 12.6. The number of esters is 1. The summed E-state index contributed by atoms with van der Waals surface area (Å²) in [4.78, 5) is 40.4. The lowest BCUT2D eigenvalue weighted by Gasteiger charge is -2.24. The van der Waals surface area contributed by atoms with E-state index in [1.807, 2.05) is 0 Å². The summed E-state index contributed by atoms with van der Waals surface area (Å²) >= 11 is 6.21. The molecule has 2 fully saturated rings. The lowest BCUT2D eigenvalue weighted by atomic mass is 10.2. The van der Waals surface area contributed by atoms with Crippen molar-refractivity contribution in [1.29, 1.82) is 0 Å². The minimum Gasteiger partial charge on any atom is -0.449 e. The van der Waals surface area contributed by atoms with Crippen LogP contribution >= 0.6 is 11.6 Å². The smallest absolute Gasteiger partial charge is 0.338 e. The number of halogens is 1. The number of amides is 2. The zero-order chi connectivity index (χ0) is 19.4. The third-order valence-corrected chi connectivity index (χ3v) is 5.41. The summed E-state index contributed by atoms with van der Waals surface area (Å²) in [6.07, 6.45) is 4.62. The molecule has 0 aromatic heterocycles. The Kier molecular flexibility index (Phi) is 6.37. The van der Waals surface area contributed by atoms with Crippen LogP contribution in [0.3, 0.4) is 0 Å². The highest BCUT2D eigenvalue weighted by molar-refractivity contribution is 6.34. The van der Waals surface area contributed by atoms with Gasteiger partial charge in [-0.25, -0.2) is 4.79 Å². The third kappa shape index (κ3) is 4.61. The zero-order valence-electron chi connectivity index (χ0n) is 15.6. The molecule has 1 atom stereocenters. The van der Waals surface area contributed by atoms with Gasteiger partial charge in [0.2, 0.25) is 5.91 Å². The second-order valence-corrected chi connectivity index (χ2v) is 7.51. The van der Waals surface area contributed by atoms with Crippen molar-refractivity contribution < 1.29 is 19.1 Å². The van der Waals surface area contributed by atoms with Crippen molar-refractivity contribution in [2.45, 2.75) is 51.6 Å². The summed E-state index contributed by atoms with van der Waals surface area (Å²) in [7, 11) is 0. The molecule has 0 saturated carbocycles. The highest BCUT2D eigenvalue weighted by Gasteiger charge is 2.27. The minimum atomic E-state index is -0.844. The molecule has 2 amide bonds. The van der Waals surface area contributed by atoms with Gasteiger partial charge in [-0.2, -0.15) is 0 Å². The lowest BCUT2D eigenvalue weighted by molar-refractivity contribution is -0.139. The molecular formula is C20H25ClN2O4. The van der Waals surface area contributed by atoms with Crippen LogP contribution in [0.5, 0.6) is 0 Å². The Labute approximate surface area is 164 Å². The normalized spacial score (nSPS) is 19.0. The van der Waals surface area contributed by atoms with E-state index in [-0.39, 0.29) is 17.4 Å². The SMILES string of the molecule is C[C@H](OC(=O)c1ccc(Cl)c(N2CCCC2=O)c1)C(=O)N1CCCCCC1. The van der Waals surface area contributed by atoms with Crippen molar-refractivity contribution in [3.05, 3.63) is 28.8 Å². The molecule has 0 bridgehead atoms. The fourth-order valence-corrected chi connectivity index (χ4v) is 3.80. The quantitative estimate of drug-likeness (QED) is 0.736. The first-order valence-electron chi connectivity index (χ1n) is 9.57. The summed E-state index contributed by atoms with van der Waals surface area (Å²) in [6, 6.07) is 4.70. The summed E-state index contributed by atoms with van der Waals surface area (Å²) < 4.78 is 5.40. The van der Waals surface area contributed by atoms with Gasteiger partial charge in [-0.3, -0.25) is 9.59 Å². The van der Waals surface area contributed by atoms with Gasteiger partial charge in [0.1, 0.15) is 0 Å². The van der Waals surface area contributed by atoms with Crippen LogP contribution < -0.4 is 4.90 Å². The van der Waals surface area contributed by atoms with Crippen molar-refractivity contribution in [3.8, 4) is 0 Å². The molecule has 0 unspecified atom stereocenters. The molecule has 2 aliphatic rings. The number of benzene rings is 1. The summed E-state index contributed by atoms with van der Waals surface area (Å²) in [5, 5.41) is 0.412. The highest BCUT2D eigenvalue weighted by atomic mass is 35.5. The Morgan fingerprint density at radius 1 is 1.07 bits per heavy atom. The van der Waals surface area contributed by atoms with Crippen molar-refractivity contribution in [3.63, 3.8) is 0 Å². The number of hydrogen-bond acceptors (Lipinski definition) is 4. The van der Waals surface area contributed by atoms with E-state index in [0.717, 1.165) is 32.1 Å². The van der Waals surface area contributed by atoms with Crippen LogP contribution in [0, 0.1) is 0 Å². The molecule has 3 rings (SSSR count). The largest absolute Gasteiger partial charge is 0.449 e. The molecule has 0 aliphatic carbocycles. The molecule has 0 N–H and O–H groups in total. The van der Waals surface area contributed by atoms with Crippen LogP contribution in [-0.4, -0.2) is 48.4 Å². The third-order valence-electron chi connectivity index (χ3n) is 5.10. The van der Waals surface area contributed by atoms with Crippen LogP contribution in [0.2, 0.25) is 5.02 Å². The standard InChI is InChI=1S/C20H25ClN2O4/c1-14(19(25)22-10-4-2-3-5-11-22)27-20(26)15-8-9-16(21)17(13-15)23-12-6-7-18(23)24/h8-9,13-14H,2-7,10-12H2,1H3/t14-/m0/s1. The van der Waals surface area contributed by atoms with E-state index >= 15 is 0 Å². The molecule has 146 valence electrons. The number of hydrogen-bond donors (Lipinski definition) is 0. The molecule has 0 radical (unpaired) electrons. The monoisotopic (exact) mass is 392 g/mol. The fourth-order valence-electron chi connectivity index (χ4n) is 3.58. The van der Waals surface area contributed by atoms with E-state index in [1.54, 1.807) is 34.9 Å². The number of carbonyl (C=O) groups is 3. The fraction of sp³-hybridized carbons (Fsp3) is 0.550. The van der Waals surface area contributed by atoms with Gasteiger partial charge in [-0.1, -0.05) is 24.4 Å². The molecule has 2 saturated heterocycles. The number of carbonyl (C=O) groups excluding carboxylic acids is 3. The van der Waals surface area contributed by atoms with Crippen LogP contribution in [0.4, 0.5) is 5.69 Å². The topological polar surface area (TPSA) is 66.9 Å². The molecule has 1 aromatic rings. The summed E-state index contributed by atoms with van der Waals surface area (Å²) in [5.41, 5.74) is 0.796. The summed E-state index contributed by atoms with van der Waals surface area (Å²) in [5.74, 6) is -0.753. The maximum Gasteiger partial charge on any atom is 0.338 e. The van der Waals surface area contributed by atoms with Crippen molar-refractivity contribution in [1.82, 2.24) is 4.90 Å². The van der Waals surface area contributed by atoms with E-state index in [0.29, 0.717) is 36.8 Å². The van der Waals surface area contributed by atoms with Gasteiger partial charge in [-0.05, 0) is 44.4 Å². The lowest BCUT2D eigenvalue weighted by Crippen LogP contribution is -2.40. The minimum absolute atomic E-state index is 0.00729. The second-order valence-electron chi connectivity index (χ2n) is 7.10. The van der Waals surface area contributed by atoms with E-state index in [2.05, 4.69) is 0 Å². The van der Waals surface area contributed by atoms with Gasteiger partial charge in [0, 0.05) is 26.1 Å². The zero-order valence-corrected chi connectivity index (χ0v) is 16.3. The van der Waals surface area contributed by atoms with E-state index in [9.17, 15) is 14.4 Å². The van der Waals surface area contributed by atoms with Gasteiger partial charge in [0.05, 0.1) is 16.3 Å². The first kappa shape index (κ1) is 19.7. The Morgan fingerprint density at radius 3 is 2.41 bits per heavy atom. The maximum absolute atomic E-state index is 12.6. The first-order valence-corrected chi connectivity index (χ1v) is 9.95. The highest BCUT2D eigenvalue weighted by Crippen LogP contribution is 2.30. The molecule has 6 nitrogen and oxygen atoms in total. The number of likely N-dealkylation sites (tertiary alicyclic amines) is 1. The Bertz CT molecular complexity index is 729. The predicted molar refractivity (Wildman–Crippen MR) is 103 cm³/mol. The number of rotatable bonds is 4. The van der Waals surface area contributed by atoms with Gasteiger partial charge in [-0.15, -0.1) is 0 Å². The van der Waals surface area contributed by atoms with Gasteiger partial charge in [0.15, 0.2) is 6.10 Å². The van der Waals surface area contributed by atoms with Crippen molar-refractivity contribution in [2.24, 2.45) is 0 Å². The van der Waals surface area contributed by atoms with Crippen LogP contribution in [-0.2, 0) is 14.3 Å². The van der Waals surface area contributed by atoms with E-state index in [4.69, 9.17) is 16.3 Å². The first-order chi connectivity index (χ1) is 13.0. The molecule has 2 aliphatic heterocycles. The van der Waals surface area contributed by atoms with Gasteiger partial charge < -0.3 is 14.5 Å². The average molecular weight is 393 g/mol. The molecule has 1 aromatic carbocycles. The number of ether oxygens (including phenoxy) is 1. The Balaban J connectivity index is 1.68. The summed E-state index contributed by atoms with van der Waals surface area (Å²) in [6.45, 7) is 3.61. The molecule has 7 heteroatoms. The molecule has 27 heavy (non-hydrogen) atoms. The molecule has 0 spiro atoms. The predicted octanol–water partition coefficient (Wildman–Crippen LogP) is 3.41. The van der Waals surface area contributed by atoms with Crippen molar-refractivity contribution in [2.75, 3.05) is 24.5 Å².